The molecule has 0 unspecified atom stereocenters. The van der Waals surface area contributed by atoms with Gasteiger partial charge in [0.05, 0.1) is 12.0 Å². The molecule has 2 nitrogen and oxygen atoms in total. The zero-order valence-electron chi connectivity index (χ0n) is 13.2. The van der Waals surface area contributed by atoms with Crippen molar-refractivity contribution in [1.29, 1.82) is 0 Å². The molecule has 0 radical (unpaired) electrons. The number of fused-ring (bicyclic) bond motifs is 2. The summed E-state index contributed by atoms with van der Waals surface area (Å²) in [6.07, 6.45) is 12.8. The molecule has 0 N–H and O–H groups in total. The lowest BCUT2D eigenvalue weighted by atomic mass is 9.89. The van der Waals surface area contributed by atoms with Crippen molar-refractivity contribution in [2.24, 2.45) is 11.8 Å². The maximum Gasteiger partial charge on any atom is 0.192 e. The molecular formula is C17H26O2Si. The van der Waals surface area contributed by atoms with Crippen molar-refractivity contribution in [2.75, 3.05) is 0 Å². The Kier molecular flexibility index (Phi) is 4.21. The van der Waals surface area contributed by atoms with Crippen LogP contribution in [0.25, 0.3) is 0 Å². The monoisotopic (exact) mass is 290 g/mol. The fourth-order valence-corrected chi connectivity index (χ4v) is 3.83. The van der Waals surface area contributed by atoms with Crippen molar-refractivity contribution in [3.63, 3.8) is 0 Å². The summed E-state index contributed by atoms with van der Waals surface area (Å²) in [5, 5.41) is 0.159. The summed E-state index contributed by atoms with van der Waals surface area (Å²) in [6, 6.07) is 0. The lowest BCUT2D eigenvalue weighted by molar-refractivity contribution is -0.119. The summed E-state index contributed by atoms with van der Waals surface area (Å²) < 4.78 is 6.62. The topological polar surface area (TPSA) is 26.3 Å². The fraction of sp³-hybridized carbons (Fsp3) is 0.588. The second-order valence-corrected chi connectivity index (χ2v) is 12.1. The summed E-state index contributed by atoms with van der Waals surface area (Å²) >= 11 is 0. The molecule has 2 aliphatic carbocycles. The zero-order chi connectivity index (χ0) is 15.0. The fourth-order valence-electron chi connectivity index (χ4n) is 2.48. The van der Waals surface area contributed by atoms with Gasteiger partial charge in [0, 0.05) is 5.92 Å². The molecular weight excluding hydrogens is 264 g/mol. The third-order valence-electron chi connectivity index (χ3n) is 4.82. The van der Waals surface area contributed by atoms with E-state index in [9.17, 15) is 4.79 Å². The van der Waals surface area contributed by atoms with Gasteiger partial charge in [0.15, 0.2) is 14.1 Å². The van der Waals surface area contributed by atoms with E-state index in [1.54, 1.807) is 6.08 Å². The Hall–Kier alpha value is -0.933. The first-order valence-electron chi connectivity index (χ1n) is 7.45. The summed E-state index contributed by atoms with van der Waals surface area (Å²) in [7, 11) is -1.88. The number of carbonyl (C=O) groups excluding carboxylic acids is 1. The number of ketones is 1. The average Bonchev–Trinajstić information content (AvgIpc) is 2.58. The minimum Gasteiger partial charge on any atom is -0.412 e. The lowest BCUT2D eigenvalue weighted by Crippen LogP contribution is -2.48. The average molecular weight is 290 g/mol. The third kappa shape index (κ3) is 3.04. The molecule has 0 saturated carbocycles. The van der Waals surface area contributed by atoms with Gasteiger partial charge in [-0.1, -0.05) is 51.2 Å². The van der Waals surface area contributed by atoms with Gasteiger partial charge in [0.25, 0.3) is 0 Å². The van der Waals surface area contributed by atoms with Crippen molar-refractivity contribution in [2.45, 2.75) is 51.4 Å². The van der Waals surface area contributed by atoms with E-state index in [0.717, 1.165) is 6.42 Å². The molecule has 0 saturated heterocycles. The Morgan fingerprint density at radius 2 is 1.85 bits per heavy atom. The molecule has 0 aromatic heterocycles. The minimum atomic E-state index is -1.88. The molecule has 0 aromatic rings. The van der Waals surface area contributed by atoms with Crippen molar-refractivity contribution in [3.05, 3.63) is 36.5 Å². The predicted octanol–water partition coefficient (Wildman–Crippen LogP) is 4.26. The Morgan fingerprint density at radius 1 is 1.20 bits per heavy atom. The van der Waals surface area contributed by atoms with Crippen LogP contribution in [-0.2, 0) is 9.22 Å². The summed E-state index contributed by atoms with van der Waals surface area (Å²) in [4.78, 5) is 12.3. The smallest absolute Gasteiger partial charge is 0.192 e. The van der Waals surface area contributed by atoms with Crippen molar-refractivity contribution in [3.8, 4) is 0 Å². The van der Waals surface area contributed by atoms with E-state index in [4.69, 9.17) is 4.43 Å². The van der Waals surface area contributed by atoms with Crippen LogP contribution >= 0.6 is 0 Å². The van der Waals surface area contributed by atoms with Crippen molar-refractivity contribution >= 4 is 14.1 Å². The van der Waals surface area contributed by atoms with Crippen LogP contribution in [0.2, 0.25) is 18.1 Å². The zero-order valence-corrected chi connectivity index (χ0v) is 14.2. The van der Waals surface area contributed by atoms with E-state index in [1.807, 2.05) is 18.2 Å². The molecule has 0 fully saturated rings. The van der Waals surface area contributed by atoms with E-state index in [-0.39, 0.29) is 22.8 Å². The Labute approximate surface area is 123 Å². The Balaban J connectivity index is 2.31. The first kappa shape index (κ1) is 15.5. The number of hydrogen-bond donors (Lipinski definition) is 0. The number of rotatable bonds is 2. The predicted molar refractivity (Wildman–Crippen MR) is 86.1 cm³/mol. The summed E-state index contributed by atoms with van der Waals surface area (Å²) in [6.45, 7) is 11.2. The van der Waals surface area contributed by atoms with Gasteiger partial charge in [-0.25, -0.2) is 0 Å². The second kappa shape index (κ2) is 5.45. The SMILES string of the molecule is CC(C)(C)[Si](C)(C)O[C@H]1[C@@H]2C=CC=C[C@H]1C(=O)C=CC2. The molecule has 2 aliphatic rings. The van der Waals surface area contributed by atoms with E-state index >= 15 is 0 Å². The maximum atomic E-state index is 12.3. The van der Waals surface area contributed by atoms with Gasteiger partial charge in [-0.3, -0.25) is 4.79 Å². The van der Waals surface area contributed by atoms with Crippen LogP contribution in [0.4, 0.5) is 0 Å². The second-order valence-electron chi connectivity index (χ2n) is 7.34. The molecule has 20 heavy (non-hydrogen) atoms. The first-order valence-corrected chi connectivity index (χ1v) is 10.4. The largest absolute Gasteiger partial charge is 0.412 e. The number of hydrogen-bond acceptors (Lipinski definition) is 2. The number of allylic oxidation sites excluding steroid dienone is 4. The molecule has 0 amide bonds. The first-order chi connectivity index (χ1) is 9.22. The van der Waals surface area contributed by atoms with Gasteiger partial charge in [-0.05, 0) is 30.6 Å². The molecule has 2 bridgehead atoms. The van der Waals surface area contributed by atoms with E-state index in [2.05, 4.69) is 46.0 Å². The molecule has 2 rings (SSSR count). The van der Waals surface area contributed by atoms with Gasteiger partial charge in [0.2, 0.25) is 0 Å². The van der Waals surface area contributed by atoms with Gasteiger partial charge >= 0.3 is 0 Å². The molecule has 0 aliphatic heterocycles. The molecule has 0 spiro atoms. The van der Waals surface area contributed by atoms with Gasteiger partial charge in [-0.2, -0.15) is 0 Å². The standard InChI is InChI=1S/C17H26O2Si/c1-17(2,3)20(4,5)19-16-13-9-6-7-11-14(16)15(18)12-8-10-13/h6-9,11-14,16H,10H2,1-5H3/t13-,14+,16+/m1/s1. The molecule has 3 heteroatoms. The van der Waals surface area contributed by atoms with Crippen LogP contribution in [-0.4, -0.2) is 20.2 Å². The maximum absolute atomic E-state index is 12.3. The van der Waals surface area contributed by atoms with E-state index < -0.39 is 8.32 Å². The molecule has 0 heterocycles. The minimum absolute atomic E-state index is 0.0200. The van der Waals surface area contributed by atoms with Gasteiger partial charge < -0.3 is 4.43 Å². The Bertz CT molecular complexity index is 466. The quantitative estimate of drug-likeness (QED) is 0.710. The molecule has 3 atom stereocenters. The highest BCUT2D eigenvalue weighted by atomic mass is 28.4. The highest BCUT2D eigenvalue weighted by Crippen LogP contribution is 2.41. The number of carbonyl (C=O) groups is 1. The van der Waals surface area contributed by atoms with Gasteiger partial charge in [-0.15, -0.1) is 0 Å². The van der Waals surface area contributed by atoms with Crippen LogP contribution < -0.4 is 0 Å². The van der Waals surface area contributed by atoms with Crippen molar-refractivity contribution < 1.29 is 9.22 Å². The highest BCUT2D eigenvalue weighted by molar-refractivity contribution is 6.74. The summed E-state index contributed by atoms with van der Waals surface area (Å²) in [5.74, 6) is 0.339. The van der Waals surface area contributed by atoms with Gasteiger partial charge in [0.1, 0.15) is 0 Å². The molecule has 0 aromatic carbocycles. The van der Waals surface area contributed by atoms with Crippen LogP contribution in [0, 0.1) is 11.8 Å². The van der Waals surface area contributed by atoms with Crippen LogP contribution in [0.3, 0.4) is 0 Å². The molecule has 110 valence electrons. The van der Waals surface area contributed by atoms with E-state index in [1.165, 1.54) is 0 Å². The lowest BCUT2D eigenvalue weighted by Gasteiger charge is -2.42. The highest BCUT2D eigenvalue weighted by Gasteiger charge is 2.43. The van der Waals surface area contributed by atoms with Crippen LogP contribution in [0.1, 0.15) is 27.2 Å². The van der Waals surface area contributed by atoms with Crippen LogP contribution in [0.15, 0.2) is 36.5 Å². The summed E-state index contributed by atoms with van der Waals surface area (Å²) in [5.41, 5.74) is 0. The Morgan fingerprint density at radius 3 is 2.50 bits per heavy atom. The third-order valence-corrected chi connectivity index (χ3v) is 9.29. The van der Waals surface area contributed by atoms with Crippen molar-refractivity contribution in [1.82, 2.24) is 0 Å². The normalized spacial score (nSPS) is 30.2. The van der Waals surface area contributed by atoms with E-state index in [0.29, 0.717) is 5.92 Å². The van der Waals surface area contributed by atoms with Crippen LogP contribution in [0.5, 0.6) is 0 Å².